The molecule has 6 nitrogen and oxygen atoms in total. The molecule has 7 heteroatoms. The lowest BCUT2D eigenvalue weighted by Gasteiger charge is -2.08. The first-order valence-electron chi connectivity index (χ1n) is 6.01. The summed E-state index contributed by atoms with van der Waals surface area (Å²) in [6, 6.07) is 7.34. The van der Waals surface area contributed by atoms with Crippen molar-refractivity contribution in [1.82, 2.24) is 14.9 Å². The molecule has 0 bridgehead atoms. The summed E-state index contributed by atoms with van der Waals surface area (Å²) < 4.78 is 2.68. The van der Waals surface area contributed by atoms with Gasteiger partial charge < -0.3 is 9.88 Å². The van der Waals surface area contributed by atoms with E-state index < -0.39 is 0 Å². The average molecular weight is 384 g/mol. The molecule has 0 saturated heterocycles. The third-order valence-corrected chi connectivity index (χ3v) is 3.51. The number of benzene rings is 1. The number of nitrogens with zero attached hydrogens (tertiary/aromatic N) is 3. The molecule has 0 radical (unpaired) electrons. The van der Waals surface area contributed by atoms with E-state index in [0.29, 0.717) is 24.5 Å². The van der Waals surface area contributed by atoms with Gasteiger partial charge in [0.15, 0.2) is 5.82 Å². The molecule has 1 N–H and O–H groups in total. The number of carbonyl (C=O) groups is 1. The van der Waals surface area contributed by atoms with Crippen molar-refractivity contribution in [3.63, 3.8) is 0 Å². The molecular weight excluding hydrogens is 371 g/mol. The Kier molecular flexibility index (Phi) is 4.83. The Balaban J connectivity index is 1.94. The van der Waals surface area contributed by atoms with Crippen molar-refractivity contribution in [3.05, 3.63) is 50.3 Å². The van der Waals surface area contributed by atoms with Crippen molar-refractivity contribution in [1.29, 1.82) is 0 Å². The normalized spacial score (nSPS) is 10.3. The minimum absolute atomic E-state index is 0.137. The topological polar surface area (TPSA) is 76.3 Å². The maximum absolute atomic E-state index is 11.9. The fourth-order valence-corrected chi connectivity index (χ4v) is 2.36. The van der Waals surface area contributed by atoms with Crippen LogP contribution in [0.2, 0.25) is 0 Å². The molecular formula is C13H13IN4O2. The molecule has 0 aliphatic rings. The summed E-state index contributed by atoms with van der Waals surface area (Å²) in [5.41, 5.74) is 0.619. The zero-order valence-electron chi connectivity index (χ0n) is 10.8. The lowest BCUT2D eigenvalue weighted by molar-refractivity contribution is 0.0952. The molecule has 20 heavy (non-hydrogen) atoms. The van der Waals surface area contributed by atoms with Gasteiger partial charge >= 0.3 is 0 Å². The van der Waals surface area contributed by atoms with E-state index in [1.54, 1.807) is 17.6 Å². The molecule has 0 aliphatic heterocycles. The minimum atomic E-state index is -0.137. The van der Waals surface area contributed by atoms with Gasteiger partial charge in [0.25, 0.3) is 5.91 Å². The first kappa shape index (κ1) is 14.6. The molecule has 0 atom stereocenters. The number of amides is 1. The molecule has 2 rings (SSSR count). The van der Waals surface area contributed by atoms with Gasteiger partial charge in [-0.1, -0.05) is 6.07 Å². The zero-order chi connectivity index (χ0) is 14.5. The fourth-order valence-electron chi connectivity index (χ4n) is 1.82. The quantitative estimate of drug-likeness (QED) is 0.636. The van der Waals surface area contributed by atoms with E-state index in [9.17, 15) is 9.70 Å². The second kappa shape index (κ2) is 6.60. The van der Waals surface area contributed by atoms with Crippen LogP contribution in [0.25, 0.3) is 0 Å². The summed E-state index contributed by atoms with van der Waals surface area (Å²) in [7, 11) is 0. The Morgan fingerprint density at radius 3 is 3.00 bits per heavy atom. The monoisotopic (exact) mass is 384 g/mol. The van der Waals surface area contributed by atoms with Crippen LogP contribution >= 0.6 is 22.6 Å². The van der Waals surface area contributed by atoms with Crippen LogP contribution in [0.4, 0.5) is 5.82 Å². The van der Waals surface area contributed by atoms with Crippen molar-refractivity contribution in [2.24, 2.45) is 5.18 Å². The van der Waals surface area contributed by atoms with Crippen molar-refractivity contribution in [3.8, 4) is 0 Å². The van der Waals surface area contributed by atoms with Gasteiger partial charge in [0.05, 0.1) is 6.20 Å². The van der Waals surface area contributed by atoms with Gasteiger partial charge in [-0.05, 0) is 52.9 Å². The summed E-state index contributed by atoms with van der Waals surface area (Å²) in [4.78, 5) is 26.5. The van der Waals surface area contributed by atoms with E-state index in [1.165, 1.54) is 6.20 Å². The number of imidazole rings is 1. The number of carbonyl (C=O) groups excluding carboxylic acids is 1. The molecule has 0 spiro atoms. The van der Waals surface area contributed by atoms with Crippen LogP contribution < -0.4 is 5.32 Å². The highest BCUT2D eigenvalue weighted by molar-refractivity contribution is 14.1. The average Bonchev–Trinajstić information content (AvgIpc) is 2.79. The SMILES string of the molecule is Cc1ncc(N=O)n1CCNC(=O)c1cccc(I)c1. The Morgan fingerprint density at radius 1 is 1.50 bits per heavy atom. The van der Waals surface area contributed by atoms with Gasteiger partial charge in [-0.2, -0.15) is 0 Å². The molecule has 0 fully saturated rings. The maximum Gasteiger partial charge on any atom is 0.251 e. The van der Waals surface area contributed by atoms with Gasteiger partial charge in [-0.3, -0.25) is 4.79 Å². The Hall–Kier alpha value is -1.77. The molecule has 0 aliphatic carbocycles. The second-order valence-corrected chi connectivity index (χ2v) is 5.42. The Morgan fingerprint density at radius 2 is 2.30 bits per heavy atom. The minimum Gasteiger partial charge on any atom is -0.350 e. The lowest BCUT2D eigenvalue weighted by Crippen LogP contribution is -2.27. The van der Waals surface area contributed by atoms with Crippen molar-refractivity contribution in [2.75, 3.05) is 6.54 Å². The molecule has 1 amide bonds. The van der Waals surface area contributed by atoms with Crippen LogP contribution in [0.1, 0.15) is 16.2 Å². The highest BCUT2D eigenvalue weighted by atomic mass is 127. The van der Waals surface area contributed by atoms with Crippen molar-refractivity contribution >= 4 is 34.3 Å². The van der Waals surface area contributed by atoms with E-state index in [-0.39, 0.29) is 11.7 Å². The predicted molar refractivity (Wildman–Crippen MR) is 83.9 cm³/mol. The second-order valence-electron chi connectivity index (χ2n) is 4.17. The summed E-state index contributed by atoms with van der Waals surface area (Å²) in [6.45, 7) is 2.66. The standard InChI is InChI=1S/C13H13IN4O2/c1-9-16-8-12(17-20)18(9)6-5-15-13(19)10-3-2-4-11(14)7-10/h2-4,7-8H,5-6H2,1H3,(H,15,19). The molecule has 1 aromatic carbocycles. The molecule has 1 heterocycles. The van der Waals surface area contributed by atoms with Gasteiger partial charge in [0.2, 0.25) is 0 Å². The van der Waals surface area contributed by atoms with E-state index in [4.69, 9.17) is 0 Å². The first-order chi connectivity index (χ1) is 9.61. The Bertz CT molecular complexity index is 639. The fraction of sp³-hybridized carbons (Fsp3) is 0.231. The number of hydrogen-bond donors (Lipinski definition) is 1. The van der Waals surface area contributed by atoms with Crippen LogP contribution in [0.5, 0.6) is 0 Å². The summed E-state index contributed by atoms with van der Waals surface area (Å²) in [5.74, 6) is 0.830. The largest absolute Gasteiger partial charge is 0.350 e. The van der Waals surface area contributed by atoms with E-state index >= 15 is 0 Å². The number of nitroso groups, excluding NO2 is 1. The molecule has 0 unspecified atom stereocenters. The van der Waals surface area contributed by atoms with Crippen LogP contribution in [0.3, 0.4) is 0 Å². The number of halogens is 1. The van der Waals surface area contributed by atoms with Crippen molar-refractivity contribution in [2.45, 2.75) is 13.5 Å². The highest BCUT2D eigenvalue weighted by Crippen LogP contribution is 2.13. The van der Waals surface area contributed by atoms with Gasteiger partial charge in [0.1, 0.15) is 5.82 Å². The third kappa shape index (κ3) is 3.41. The maximum atomic E-state index is 11.9. The molecule has 2 aromatic rings. The number of aromatic nitrogens is 2. The zero-order valence-corrected chi connectivity index (χ0v) is 13.0. The van der Waals surface area contributed by atoms with Crippen molar-refractivity contribution < 1.29 is 4.79 Å². The molecule has 0 saturated carbocycles. The highest BCUT2D eigenvalue weighted by Gasteiger charge is 2.08. The summed E-state index contributed by atoms with van der Waals surface area (Å²) in [6.07, 6.45) is 1.42. The molecule has 104 valence electrons. The van der Waals surface area contributed by atoms with Gasteiger partial charge in [-0.25, -0.2) is 4.98 Å². The number of nitrogens with one attached hydrogen (secondary N) is 1. The Labute approximate surface area is 129 Å². The van der Waals surface area contributed by atoms with Crippen LogP contribution in [0, 0.1) is 15.4 Å². The first-order valence-corrected chi connectivity index (χ1v) is 7.09. The van der Waals surface area contributed by atoms with E-state index in [0.717, 1.165) is 3.57 Å². The van der Waals surface area contributed by atoms with Gasteiger partial charge in [-0.15, -0.1) is 4.91 Å². The third-order valence-electron chi connectivity index (χ3n) is 2.84. The lowest BCUT2D eigenvalue weighted by atomic mass is 10.2. The predicted octanol–water partition coefficient (Wildman–Crippen LogP) is 2.62. The molecule has 1 aromatic heterocycles. The van der Waals surface area contributed by atoms with E-state index in [2.05, 4.69) is 38.1 Å². The smallest absolute Gasteiger partial charge is 0.251 e. The summed E-state index contributed by atoms with van der Waals surface area (Å²) >= 11 is 2.16. The van der Waals surface area contributed by atoms with Crippen LogP contribution in [-0.2, 0) is 6.54 Å². The van der Waals surface area contributed by atoms with Crippen LogP contribution in [0.15, 0.2) is 35.6 Å². The number of aryl methyl sites for hydroxylation is 1. The number of hydrogen-bond acceptors (Lipinski definition) is 4. The van der Waals surface area contributed by atoms with Gasteiger partial charge in [0, 0.05) is 22.2 Å². The van der Waals surface area contributed by atoms with Crippen LogP contribution in [-0.4, -0.2) is 22.0 Å². The summed E-state index contributed by atoms with van der Waals surface area (Å²) in [5, 5.41) is 5.70. The number of rotatable bonds is 5. The van der Waals surface area contributed by atoms with E-state index in [1.807, 2.05) is 18.2 Å².